The van der Waals surface area contributed by atoms with Crippen LogP contribution in [0, 0.1) is 17.1 Å². The van der Waals surface area contributed by atoms with E-state index in [1.165, 1.54) is 6.07 Å². The van der Waals surface area contributed by atoms with Gasteiger partial charge in [-0.2, -0.15) is 5.26 Å². The molecule has 0 spiro atoms. The molecule has 1 aromatic heterocycles. The third-order valence-corrected chi connectivity index (χ3v) is 3.22. The van der Waals surface area contributed by atoms with Crippen LogP contribution in [0.3, 0.4) is 0 Å². The molecule has 2 N–H and O–H groups in total. The summed E-state index contributed by atoms with van der Waals surface area (Å²) in [5, 5.41) is 9.07. The van der Waals surface area contributed by atoms with Gasteiger partial charge in [0, 0.05) is 5.56 Å². The second-order valence-electron chi connectivity index (χ2n) is 4.43. The number of anilines is 1. The van der Waals surface area contributed by atoms with Crippen LogP contribution in [0.4, 0.5) is 10.3 Å². The minimum Gasteiger partial charge on any atom is -0.369 e. The fraction of sp³-hybridized carbons (Fsp3) is 0.0667. The maximum Gasteiger partial charge on any atom is 0.201 e. The maximum absolute atomic E-state index is 13.7. The van der Waals surface area contributed by atoms with Crippen molar-refractivity contribution < 1.29 is 4.39 Å². The molecule has 0 fully saturated rings. The summed E-state index contributed by atoms with van der Waals surface area (Å²) in [6.45, 7) is 0.282. The van der Waals surface area contributed by atoms with Crippen molar-refractivity contribution in [1.82, 2.24) is 9.55 Å². The molecule has 1 heterocycles. The van der Waals surface area contributed by atoms with E-state index < -0.39 is 0 Å². The van der Waals surface area contributed by atoms with E-state index in [1.807, 2.05) is 6.07 Å². The molecule has 0 bridgehead atoms. The topological polar surface area (TPSA) is 67.6 Å². The average Bonchev–Trinajstić information content (AvgIpc) is 2.77. The van der Waals surface area contributed by atoms with Crippen LogP contribution < -0.4 is 5.73 Å². The monoisotopic (exact) mass is 266 g/mol. The van der Waals surface area contributed by atoms with E-state index in [9.17, 15) is 4.39 Å². The van der Waals surface area contributed by atoms with E-state index in [0.717, 1.165) is 5.52 Å². The SMILES string of the molecule is N#Cc1cccc2c1nc(N)n2Cc1ccccc1F. The van der Waals surface area contributed by atoms with Crippen molar-refractivity contribution in [2.45, 2.75) is 6.54 Å². The summed E-state index contributed by atoms with van der Waals surface area (Å²) in [7, 11) is 0. The van der Waals surface area contributed by atoms with Gasteiger partial charge in [0.15, 0.2) is 0 Å². The normalized spacial score (nSPS) is 10.6. The quantitative estimate of drug-likeness (QED) is 0.775. The van der Waals surface area contributed by atoms with Gasteiger partial charge >= 0.3 is 0 Å². The fourth-order valence-corrected chi connectivity index (χ4v) is 2.22. The predicted octanol–water partition coefficient (Wildman–Crippen LogP) is 2.68. The van der Waals surface area contributed by atoms with Gasteiger partial charge in [0.2, 0.25) is 5.95 Å². The highest BCUT2D eigenvalue weighted by molar-refractivity contribution is 5.84. The second-order valence-corrected chi connectivity index (χ2v) is 4.43. The lowest BCUT2D eigenvalue weighted by atomic mass is 10.2. The number of nitrogens with zero attached hydrogens (tertiary/aromatic N) is 3. The zero-order valence-electron chi connectivity index (χ0n) is 10.5. The molecule has 3 aromatic rings. The largest absolute Gasteiger partial charge is 0.369 e. The van der Waals surface area contributed by atoms with Crippen molar-refractivity contribution >= 4 is 17.0 Å². The van der Waals surface area contributed by atoms with Gasteiger partial charge in [-0.3, -0.25) is 0 Å². The number of nitrogens with two attached hydrogens (primary N) is 1. The summed E-state index contributed by atoms with van der Waals surface area (Å²) >= 11 is 0. The Hall–Kier alpha value is -2.87. The fourth-order valence-electron chi connectivity index (χ4n) is 2.22. The lowest BCUT2D eigenvalue weighted by Crippen LogP contribution is -2.05. The van der Waals surface area contributed by atoms with Crippen molar-refractivity contribution in [1.29, 1.82) is 5.26 Å². The summed E-state index contributed by atoms with van der Waals surface area (Å²) in [6.07, 6.45) is 0. The molecule has 2 aromatic carbocycles. The Morgan fingerprint density at radius 2 is 2.00 bits per heavy atom. The Bertz CT molecular complexity index is 829. The standard InChI is InChI=1S/C15H11FN4/c16-12-6-2-1-4-11(12)9-20-13-7-3-5-10(8-17)14(13)19-15(20)18/h1-7H,9H2,(H2,18,19). The minimum absolute atomic E-state index is 0.269. The molecule has 3 rings (SSSR count). The predicted molar refractivity (Wildman–Crippen MR) is 74.4 cm³/mol. The Morgan fingerprint density at radius 1 is 1.20 bits per heavy atom. The zero-order valence-corrected chi connectivity index (χ0v) is 10.5. The van der Waals surface area contributed by atoms with Crippen molar-refractivity contribution in [2.24, 2.45) is 0 Å². The number of benzene rings is 2. The molecule has 0 saturated heterocycles. The zero-order chi connectivity index (χ0) is 14.1. The molecule has 0 saturated carbocycles. The van der Waals surface area contributed by atoms with Crippen LogP contribution in [0.2, 0.25) is 0 Å². The average molecular weight is 266 g/mol. The molecule has 98 valence electrons. The van der Waals surface area contributed by atoms with Gasteiger partial charge in [0.1, 0.15) is 17.4 Å². The number of aromatic nitrogens is 2. The molecule has 0 aliphatic rings. The van der Waals surface area contributed by atoms with Gasteiger partial charge in [-0.1, -0.05) is 24.3 Å². The molecular weight excluding hydrogens is 255 g/mol. The highest BCUT2D eigenvalue weighted by Gasteiger charge is 2.12. The Morgan fingerprint density at radius 3 is 2.75 bits per heavy atom. The van der Waals surface area contributed by atoms with Crippen molar-refractivity contribution in [3.63, 3.8) is 0 Å². The van der Waals surface area contributed by atoms with Gasteiger partial charge in [-0.25, -0.2) is 9.37 Å². The third-order valence-electron chi connectivity index (χ3n) is 3.22. The lowest BCUT2D eigenvalue weighted by Gasteiger charge is -2.07. The number of rotatable bonds is 2. The van der Waals surface area contributed by atoms with E-state index >= 15 is 0 Å². The summed E-state index contributed by atoms with van der Waals surface area (Å²) in [4.78, 5) is 4.21. The maximum atomic E-state index is 13.7. The number of hydrogen-bond acceptors (Lipinski definition) is 3. The molecule has 20 heavy (non-hydrogen) atoms. The first kappa shape index (κ1) is 12.2. The highest BCUT2D eigenvalue weighted by atomic mass is 19.1. The van der Waals surface area contributed by atoms with Crippen LogP contribution >= 0.6 is 0 Å². The number of imidazole rings is 1. The number of halogens is 1. The van der Waals surface area contributed by atoms with Gasteiger partial charge < -0.3 is 10.3 Å². The molecular formula is C15H11FN4. The molecule has 0 aliphatic carbocycles. The molecule has 4 nitrogen and oxygen atoms in total. The lowest BCUT2D eigenvalue weighted by molar-refractivity contribution is 0.602. The van der Waals surface area contributed by atoms with Crippen LogP contribution in [0.1, 0.15) is 11.1 Å². The van der Waals surface area contributed by atoms with Crippen molar-refractivity contribution in [2.75, 3.05) is 5.73 Å². The number of nitrogen functional groups attached to an aromatic ring is 1. The summed E-state index contributed by atoms with van der Waals surface area (Å²) < 4.78 is 15.4. The number of hydrogen-bond donors (Lipinski definition) is 1. The summed E-state index contributed by atoms with van der Waals surface area (Å²) in [6, 6.07) is 13.9. The first-order valence-corrected chi connectivity index (χ1v) is 6.09. The molecule has 5 heteroatoms. The van der Waals surface area contributed by atoms with Crippen LogP contribution in [0.15, 0.2) is 42.5 Å². The highest BCUT2D eigenvalue weighted by Crippen LogP contribution is 2.22. The first-order chi connectivity index (χ1) is 9.70. The van der Waals surface area contributed by atoms with Crippen LogP contribution in [0.25, 0.3) is 11.0 Å². The first-order valence-electron chi connectivity index (χ1n) is 6.09. The van der Waals surface area contributed by atoms with Crippen LogP contribution in [-0.2, 0) is 6.54 Å². The summed E-state index contributed by atoms with van der Waals surface area (Å²) in [5.41, 5.74) is 8.16. The van der Waals surface area contributed by atoms with Gasteiger partial charge in [0.25, 0.3) is 0 Å². The molecule has 0 radical (unpaired) electrons. The van der Waals surface area contributed by atoms with E-state index in [1.54, 1.807) is 34.9 Å². The molecule has 0 aliphatic heterocycles. The van der Waals surface area contributed by atoms with E-state index in [0.29, 0.717) is 16.6 Å². The van der Waals surface area contributed by atoms with Gasteiger partial charge in [0.05, 0.1) is 17.6 Å². The van der Waals surface area contributed by atoms with E-state index in [2.05, 4.69) is 11.1 Å². The van der Waals surface area contributed by atoms with Gasteiger partial charge in [-0.05, 0) is 18.2 Å². The number of nitriles is 1. The van der Waals surface area contributed by atoms with Crippen LogP contribution in [-0.4, -0.2) is 9.55 Å². The molecule has 0 amide bonds. The van der Waals surface area contributed by atoms with E-state index in [-0.39, 0.29) is 18.3 Å². The van der Waals surface area contributed by atoms with Crippen LogP contribution in [0.5, 0.6) is 0 Å². The molecule has 0 atom stereocenters. The van der Waals surface area contributed by atoms with Gasteiger partial charge in [-0.15, -0.1) is 0 Å². The Kier molecular flexibility index (Phi) is 2.84. The van der Waals surface area contributed by atoms with Crippen molar-refractivity contribution in [3.05, 3.63) is 59.4 Å². The second kappa shape index (κ2) is 4.67. The summed E-state index contributed by atoms with van der Waals surface area (Å²) in [5.74, 6) is -0.0175. The Balaban J connectivity index is 2.16. The Labute approximate surface area is 114 Å². The van der Waals surface area contributed by atoms with Crippen molar-refractivity contribution in [3.8, 4) is 6.07 Å². The minimum atomic E-state index is -0.287. The third kappa shape index (κ3) is 1.88. The number of para-hydroxylation sites is 1. The number of fused-ring (bicyclic) bond motifs is 1. The van der Waals surface area contributed by atoms with E-state index in [4.69, 9.17) is 11.0 Å². The smallest absolute Gasteiger partial charge is 0.201 e. The molecule has 0 unspecified atom stereocenters.